The van der Waals surface area contributed by atoms with Crippen molar-refractivity contribution in [3.05, 3.63) is 12.7 Å². The number of aliphatic hydroxyl groups excluding tert-OH is 2. The number of hydrogen-bond donors (Lipinski definition) is 2. The van der Waals surface area contributed by atoms with Gasteiger partial charge in [-0.3, -0.25) is 4.79 Å². The van der Waals surface area contributed by atoms with Gasteiger partial charge in [0.2, 0.25) is 5.91 Å². The summed E-state index contributed by atoms with van der Waals surface area (Å²) in [6.45, 7) is 4.60. The number of carbonyl (C=O) groups excluding carboxylic acids is 1. The van der Waals surface area contributed by atoms with Gasteiger partial charge in [0, 0.05) is 0 Å². The number of nitrogens with zero attached hydrogens (tertiary/aromatic N) is 1. The number of rotatable bonds is 5. The van der Waals surface area contributed by atoms with E-state index >= 15 is 0 Å². The van der Waals surface area contributed by atoms with Crippen LogP contribution in [0.15, 0.2) is 12.7 Å². The second-order valence-electron chi connectivity index (χ2n) is 2.40. The molecular formula is C8H15NO3. The summed E-state index contributed by atoms with van der Waals surface area (Å²) < 4.78 is 0. The average Bonchev–Trinajstić information content (AvgIpc) is 2.12. The molecule has 0 fully saturated rings. The maximum absolute atomic E-state index is 11.0. The van der Waals surface area contributed by atoms with E-state index in [1.807, 2.05) is 6.92 Å². The van der Waals surface area contributed by atoms with Crippen LogP contribution in [-0.4, -0.2) is 40.4 Å². The molecule has 0 saturated heterocycles. The third kappa shape index (κ3) is 2.64. The maximum Gasteiger partial charge on any atom is 0.248 e. The second kappa shape index (κ2) is 5.74. The van der Waals surface area contributed by atoms with Crippen molar-refractivity contribution in [1.29, 1.82) is 0 Å². The van der Waals surface area contributed by atoms with Crippen LogP contribution < -0.4 is 0 Å². The lowest BCUT2D eigenvalue weighted by Gasteiger charge is -2.26. The van der Waals surface area contributed by atoms with E-state index in [1.54, 1.807) is 0 Å². The highest BCUT2D eigenvalue weighted by molar-refractivity contribution is 5.87. The average molecular weight is 173 g/mol. The summed E-state index contributed by atoms with van der Waals surface area (Å²) in [5.41, 5.74) is 0. The molecule has 0 radical (unpaired) electrons. The normalized spacial score (nSPS) is 12.2. The topological polar surface area (TPSA) is 60.8 Å². The molecule has 1 amide bonds. The van der Waals surface area contributed by atoms with Crippen molar-refractivity contribution in [2.45, 2.75) is 19.4 Å². The Labute approximate surface area is 72.1 Å². The molecule has 0 spiro atoms. The molecule has 70 valence electrons. The maximum atomic E-state index is 11.0. The van der Waals surface area contributed by atoms with Crippen LogP contribution in [0.3, 0.4) is 0 Å². The van der Waals surface area contributed by atoms with Crippen molar-refractivity contribution in [2.24, 2.45) is 0 Å². The number of amides is 1. The Balaban J connectivity index is 4.29. The fraction of sp³-hybridized carbons (Fsp3) is 0.625. The fourth-order valence-electron chi connectivity index (χ4n) is 0.930. The van der Waals surface area contributed by atoms with Gasteiger partial charge in [0.05, 0.1) is 12.6 Å². The van der Waals surface area contributed by atoms with Crippen LogP contribution in [0.2, 0.25) is 0 Å². The molecule has 0 aliphatic carbocycles. The highest BCUT2D eigenvalue weighted by Gasteiger charge is 2.17. The van der Waals surface area contributed by atoms with Crippen LogP contribution in [0.4, 0.5) is 0 Å². The highest BCUT2D eigenvalue weighted by atomic mass is 16.3. The van der Waals surface area contributed by atoms with Gasteiger partial charge in [-0.2, -0.15) is 0 Å². The standard InChI is InChI=1S/C8H15NO3/c1-3-7(5-10)9(6-11)8(12)4-2/h4,7,10-11H,2-3,5-6H2,1H3. The van der Waals surface area contributed by atoms with Crippen molar-refractivity contribution in [2.75, 3.05) is 13.3 Å². The summed E-state index contributed by atoms with van der Waals surface area (Å²) in [5, 5.41) is 17.6. The summed E-state index contributed by atoms with van der Waals surface area (Å²) in [6.07, 6.45) is 1.73. The number of aliphatic hydroxyl groups is 2. The lowest BCUT2D eigenvalue weighted by Crippen LogP contribution is -2.41. The Kier molecular flexibility index (Phi) is 5.32. The molecule has 0 aromatic carbocycles. The first kappa shape index (κ1) is 11.1. The molecule has 0 heterocycles. The Morgan fingerprint density at radius 2 is 2.25 bits per heavy atom. The molecule has 0 aromatic heterocycles. The zero-order chi connectivity index (χ0) is 9.56. The molecular weight excluding hydrogens is 158 g/mol. The first-order chi connectivity index (χ1) is 5.71. The molecule has 4 nitrogen and oxygen atoms in total. The molecule has 0 aliphatic rings. The first-order valence-electron chi connectivity index (χ1n) is 3.86. The van der Waals surface area contributed by atoms with Gasteiger partial charge < -0.3 is 15.1 Å². The van der Waals surface area contributed by atoms with Gasteiger partial charge in [-0.15, -0.1) is 0 Å². The van der Waals surface area contributed by atoms with Gasteiger partial charge in [0.25, 0.3) is 0 Å². The summed E-state index contributed by atoms with van der Waals surface area (Å²) in [4.78, 5) is 12.2. The lowest BCUT2D eigenvalue weighted by atomic mass is 10.2. The van der Waals surface area contributed by atoms with Crippen molar-refractivity contribution >= 4 is 5.91 Å². The molecule has 12 heavy (non-hydrogen) atoms. The van der Waals surface area contributed by atoms with Crippen LogP contribution in [0.1, 0.15) is 13.3 Å². The van der Waals surface area contributed by atoms with Crippen LogP contribution in [0.25, 0.3) is 0 Å². The third-order valence-electron chi connectivity index (χ3n) is 1.73. The minimum absolute atomic E-state index is 0.142. The lowest BCUT2D eigenvalue weighted by molar-refractivity contribution is -0.133. The summed E-state index contributed by atoms with van der Waals surface area (Å²) >= 11 is 0. The molecule has 1 atom stereocenters. The zero-order valence-corrected chi connectivity index (χ0v) is 7.23. The molecule has 0 rings (SSSR count). The van der Waals surface area contributed by atoms with Crippen molar-refractivity contribution < 1.29 is 15.0 Å². The fourth-order valence-corrected chi connectivity index (χ4v) is 0.930. The Morgan fingerprint density at radius 3 is 2.50 bits per heavy atom. The van der Waals surface area contributed by atoms with E-state index in [0.29, 0.717) is 6.42 Å². The highest BCUT2D eigenvalue weighted by Crippen LogP contribution is 2.03. The minimum Gasteiger partial charge on any atom is -0.394 e. The zero-order valence-electron chi connectivity index (χ0n) is 7.23. The molecule has 2 N–H and O–H groups in total. The number of carbonyl (C=O) groups is 1. The largest absolute Gasteiger partial charge is 0.394 e. The summed E-state index contributed by atoms with van der Waals surface area (Å²) in [6, 6.07) is -0.319. The second-order valence-corrected chi connectivity index (χ2v) is 2.40. The molecule has 4 heteroatoms. The van der Waals surface area contributed by atoms with Crippen molar-refractivity contribution in [1.82, 2.24) is 4.90 Å². The number of hydrogen-bond acceptors (Lipinski definition) is 3. The third-order valence-corrected chi connectivity index (χ3v) is 1.73. The minimum atomic E-state index is -0.385. The quantitative estimate of drug-likeness (QED) is 0.444. The van der Waals surface area contributed by atoms with Crippen LogP contribution in [0, 0.1) is 0 Å². The van der Waals surface area contributed by atoms with Gasteiger partial charge in [0.1, 0.15) is 6.73 Å². The Morgan fingerprint density at radius 1 is 1.67 bits per heavy atom. The predicted octanol–water partition coefficient (Wildman–Crippen LogP) is -0.278. The van der Waals surface area contributed by atoms with Gasteiger partial charge in [-0.1, -0.05) is 13.5 Å². The smallest absolute Gasteiger partial charge is 0.248 e. The predicted molar refractivity (Wildman–Crippen MR) is 45.3 cm³/mol. The van der Waals surface area contributed by atoms with Crippen LogP contribution >= 0.6 is 0 Å². The SMILES string of the molecule is C=CC(=O)N(CO)C(CC)CO. The molecule has 0 bridgehead atoms. The van der Waals surface area contributed by atoms with Gasteiger partial charge in [-0.25, -0.2) is 0 Å². The van der Waals surface area contributed by atoms with E-state index in [1.165, 1.54) is 4.90 Å². The van der Waals surface area contributed by atoms with Crippen LogP contribution in [0.5, 0.6) is 0 Å². The monoisotopic (exact) mass is 173 g/mol. The molecule has 1 unspecified atom stereocenters. The van der Waals surface area contributed by atoms with E-state index in [9.17, 15) is 4.79 Å². The molecule has 0 aliphatic heterocycles. The van der Waals surface area contributed by atoms with Crippen molar-refractivity contribution in [3.63, 3.8) is 0 Å². The Hall–Kier alpha value is -0.870. The van der Waals surface area contributed by atoms with E-state index in [2.05, 4.69) is 6.58 Å². The van der Waals surface area contributed by atoms with Gasteiger partial charge >= 0.3 is 0 Å². The molecule has 0 aromatic rings. The van der Waals surface area contributed by atoms with E-state index in [-0.39, 0.29) is 25.3 Å². The summed E-state index contributed by atoms with van der Waals surface area (Å²) in [5.74, 6) is -0.363. The van der Waals surface area contributed by atoms with Crippen LogP contribution in [-0.2, 0) is 4.79 Å². The Bertz CT molecular complexity index is 154. The van der Waals surface area contributed by atoms with E-state index in [0.717, 1.165) is 6.08 Å². The van der Waals surface area contributed by atoms with Gasteiger partial charge in [0.15, 0.2) is 0 Å². The van der Waals surface area contributed by atoms with E-state index in [4.69, 9.17) is 10.2 Å². The van der Waals surface area contributed by atoms with Gasteiger partial charge in [-0.05, 0) is 12.5 Å². The van der Waals surface area contributed by atoms with Crippen molar-refractivity contribution in [3.8, 4) is 0 Å². The first-order valence-corrected chi connectivity index (χ1v) is 3.86. The molecule has 0 saturated carbocycles. The summed E-state index contributed by atoms with van der Waals surface area (Å²) in [7, 11) is 0. The van der Waals surface area contributed by atoms with E-state index < -0.39 is 0 Å².